The molecule has 0 aliphatic carbocycles. The number of hydrogen-bond donors (Lipinski definition) is 0. The molecule has 1 heterocycles. The van der Waals surface area contributed by atoms with Crippen molar-refractivity contribution in [2.24, 2.45) is 0 Å². The number of carbonyl (C=O) groups excluding carboxylic acids is 1. The Labute approximate surface area is 229 Å². The van der Waals surface area contributed by atoms with Gasteiger partial charge in [-0.15, -0.1) is 0 Å². The molecule has 7 heteroatoms. The van der Waals surface area contributed by atoms with Gasteiger partial charge < -0.3 is 9.80 Å². The van der Waals surface area contributed by atoms with Crippen LogP contribution >= 0.6 is 11.6 Å². The fourth-order valence-corrected chi connectivity index (χ4v) is 4.91. The third-order valence-corrected chi connectivity index (χ3v) is 6.99. The Hall–Kier alpha value is -3.48. The molecule has 198 valence electrons. The van der Waals surface area contributed by atoms with Gasteiger partial charge in [-0.3, -0.25) is 14.2 Å². The predicted molar refractivity (Wildman–Crippen MR) is 155 cm³/mol. The molecule has 0 bridgehead atoms. The van der Waals surface area contributed by atoms with Crippen molar-refractivity contribution in [2.75, 3.05) is 27.2 Å². The molecule has 38 heavy (non-hydrogen) atoms. The monoisotopic (exact) mass is 530 g/mol. The first-order valence-corrected chi connectivity index (χ1v) is 13.4. The van der Waals surface area contributed by atoms with E-state index in [9.17, 15) is 9.59 Å². The van der Waals surface area contributed by atoms with E-state index in [1.165, 1.54) is 0 Å². The zero-order chi connectivity index (χ0) is 27.2. The molecular weight excluding hydrogens is 496 g/mol. The van der Waals surface area contributed by atoms with E-state index in [1.807, 2.05) is 87.4 Å². The quantitative estimate of drug-likeness (QED) is 0.254. The molecule has 1 unspecified atom stereocenters. The Morgan fingerprint density at radius 3 is 2.37 bits per heavy atom. The summed E-state index contributed by atoms with van der Waals surface area (Å²) in [6.07, 6.45) is 1.40. The van der Waals surface area contributed by atoms with Crippen molar-refractivity contribution >= 4 is 28.4 Å². The van der Waals surface area contributed by atoms with Crippen LogP contribution in [0.15, 0.2) is 77.6 Å². The van der Waals surface area contributed by atoms with Gasteiger partial charge in [0.15, 0.2) is 0 Å². The van der Waals surface area contributed by atoms with Crippen molar-refractivity contribution in [1.29, 1.82) is 0 Å². The predicted octanol–water partition coefficient (Wildman–Crippen LogP) is 5.95. The van der Waals surface area contributed by atoms with Crippen LogP contribution in [0.1, 0.15) is 53.1 Å². The van der Waals surface area contributed by atoms with Gasteiger partial charge in [0.25, 0.3) is 11.5 Å². The standard InChI is InChI=1S/C31H35ClN4O2/c1-5-28(35(19-9-18-34(3)4)30(37)24-14-12-22(2)13-15-24)29-33-27-20-25(32)16-17-26(27)31(38)36(29)21-23-10-7-6-8-11-23/h6-8,10-17,20,28H,5,9,18-19,21H2,1-4H3. The number of fused-ring (bicyclic) bond motifs is 1. The highest BCUT2D eigenvalue weighted by Gasteiger charge is 2.29. The number of aryl methyl sites for hydroxylation is 1. The van der Waals surface area contributed by atoms with Crippen molar-refractivity contribution in [1.82, 2.24) is 19.4 Å². The maximum Gasteiger partial charge on any atom is 0.261 e. The number of amides is 1. The van der Waals surface area contributed by atoms with Crippen molar-refractivity contribution in [3.63, 3.8) is 0 Å². The third kappa shape index (κ3) is 6.32. The zero-order valence-electron chi connectivity index (χ0n) is 22.5. The Morgan fingerprint density at radius 1 is 1.00 bits per heavy atom. The van der Waals surface area contributed by atoms with E-state index in [-0.39, 0.29) is 11.5 Å². The number of carbonyl (C=O) groups is 1. The van der Waals surface area contributed by atoms with Crippen LogP contribution in [0.4, 0.5) is 0 Å². The normalized spacial score (nSPS) is 12.2. The van der Waals surface area contributed by atoms with Gasteiger partial charge in [-0.2, -0.15) is 0 Å². The summed E-state index contributed by atoms with van der Waals surface area (Å²) in [4.78, 5) is 36.8. The van der Waals surface area contributed by atoms with Crippen LogP contribution in [-0.2, 0) is 6.54 Å². The van der Waals surface area contributed by atoms with Crippen LogP contribution in [0, 0.1) is 6.92 Å². The number of aromatic nitrogens is 2. The lowest BCUT2D eigenvalue weighted by Gasteiger charge is -2.33. The number of halogens is 1. The third-order valence-electron chi connectivity index (χ3n) is 6.76. The second-order valence-electron chi connectivity index (χ2n) is 9.95. The summed E-state index contributed by atoms with van der Waals surface area (Å²) >= 11 is 6.29. The molecule has 0 radical (unpaired) electrons. The molecule has 0 aliphatic rings. The summed E-state index contributed by atoms with van der Waals surface area (Å²) in [7, 11) is 4.05. The van der Waals surface area contributed by atoms with E-state index in [1.54, 1.807) is 22.8 Å². The summed E-state index contributed by atoms with van der Waals surface area (Å²) in [5.41, 5.74) is 3.11. The first kappa shape index (κ1) is 27.6. The smallest absolute Gasteiger partial charge is 0.261 e. The number of hydrogen-bond acceptors (Lipinski definition) is 4. The number of nitrogens with zero attached hydrogens (tertiary/aromatic N) is 4. The molecule has 3 aromatic carbocycles. The van der Waals surface area contributed by atoms with Crippen LogP contribution in [0.2, 0.25) is 5.02 Å². The summed E-state index contributed by atoms with van der Waals surface area (Å²) < 4.78 is 1.72. The molecule has 0 spiro atoms. The Kier molecular flexibility index (Phi) is 8.97. The zero-order valence-corrected chi connectivity index (χ0v) is 23.3. The van der Waals surface area contributed by atoms with Gasteiger partial charge in [-0.05, 0) is 76.3 Å². The van der Waals surface area contributed by atoms with E-state index in [2.05, 4.69) is 4.90 Å². The first-order valence-electron chi connectivity index (χ1n) is 13.0. The van der Waals surface area contributed by atoms with Gasteiger partial charge in [-0.1, -0.05) is 66.6 Å². The molecule has 6 nitrogen and oxygen atoms in total. The molecular formula is C31H35ClN4O2. The van der Waals surface area contributed by atoms with Gasteiger partial charge in [0.2, 0.25) is 0 Å². The van der Waals surface area contributed by atoms with Crippen molar-refractivity contribution in [3.05, 3.63) is 111 Å². The van der Waals surface area contributed by atoms with Crippen molar-refractivity contribution in [3.8, 4) is 0 Å². The maximum atomic E-state index is 14.0. The molecule has 0 fully saturated rings. The van der Waals surface area contributed by atoms with Crippen molar-refractivity contribution in [2.45, 2.75) is 39.3 Å². The summed E-state index contributed by atoms with van der Waals surface area (Å²) in [5.74, 6) is 0.503. The lowest BCUT2D eigenvalue weighted by molar-refractivity contribution is 0.0649. The molecule has 0 aliphatic heterocycles. The molecule has 1 atom stereocenters. The molecule has 0 N–H and O–H groups in total. The van der Waals surface area contributed by atoms with E-state index < -0.39 is 6.04 Å². The lowest BCUT2D eigenvalue weighted by atomic mass is 10.1. The van der Waals surface area contributed by atoms with E-state index >= 15 is 0 Å². The van der Waals surface area contributed by atoms with Gasteiger partial charge in [0.1, 0.15) is 5.82 Å². The fourth-order valence-electron chi connectivity index (χ4n) is 4.75. The molecule has 4 aromatic rings. The van der Waals surface area contributed by atoms with Crippen LogP contribution in [-0.4, -0.2) is 52.4 Å². The highest BCUT2D eigenvalue weighted by Crippen LogP contribution is 2.27. The molecule has 4 rings (SSSR count). The van der Waals surface area contributed by atoms with Crippen LogP contribution in [0.3, 0.4) is 0 Å². The SMILES string of the molecule is CCC(c1nc2cc(Cl)ccc2c(=O)n1Cc1ccccc1)N(CCCN(C)C)C(=O)c1ccc(C)cc1. The second kappa shape index (κ2) is 12.4. The van der Waals surface area contributed by atoms with E-state index in [0.29, 0.717) is 46.8 Å². The Morgan fingerprint density at radius 2 is 1.71 bits per heavy atom. The average Bonchev–Trinajstić information content (AvgIpc) is 2.90. The molecule has 1 amide bonds. The number of benzene rings is 3. The molecule has 1 aromatic heterocycles. The fraction of sp³-hybridized carbons (Fsp3) is 0.323. The minimum atomic E-state index is -0.397. The maximum absolute atomic E-state index is 14.0. The van der Waals surface area contributed by atoms with E-state index in [0.717, 1.165) is 24.1 Å². The summed E-state index contributed by atoms with van der Waals surface area (Å²) in [6, 6.07) is 22.3. The van der Waals surface area contributed by atoms with E-state index in [4.69, 9.17) is 16.6 Å². The Balaban J connectivity index is 1.87. The van der Waals surface area contributed by atoms with Crippen LogP contribution in [0.5, 0.6) is 0 Å². The lowest BCUT2D eigenvalue weighted by Crippen LogP contribution is -2.40. The molecule has 0 saturated carbocycles. The second-order valence-corrected chi connectivity index (χ2v) is 10.4. The minimum absolute atomic E-state index is 0.0673. The van der Waals surface area contributed by atoms with Crippen LogP contribution < -0.4 is 5.56 Å². The highest BCUT2D eigenvalue weighted by molar-refractivity contribution is 6.31. The summed E-state index contributed by atoms with van der Waals surface area (Å²) in [5, 5.41) is 1.02. The first-order chi connectivity index (χ1) is 18.3. The minimum Gasteiger partial charge on any atom is -0.328 e. The summed E-state index contributed by atoms with van der Waals surface area (Å²) in [6.45, 7) is 5.78. The van der Waals surface area contributed by atoms with Gasteiger partial charge in [0, 0.05) is 17.1 Å². The van der Waals surface area contributed by atoms with Gasteiger partial charge in [0.05, 0.1) is 23.5 Å². The number of rotatable bonds is 10. The van der Waals surface area contributed by atoms with Gasteiger partial charge >= 0.3 is 0 Å². The molecule has 0 saturated heterocycles. The van der Waals surface area contributed by atoms with Crippen molar-refractivity contribution < 1.29 is 4.79 Å². The largest absolute Gasteiger partial charge is 0.328 e. The van der Waals surface area contributed by atoms with Crippen LogP contribution in [0.25, 0.3) is 10.9 Å². The topological polar surface area (TPSA) is 58.4 Å². The highest BCUT2D eigenvalue weighted by atomic mass is 35.5. The Bertz CT molecular complexity index is 1450. The van der Waals surface area contributed by atoms with Gasteiger partial charge in [-0.25, -0.2) is 4.98 Å². The average molecular weight is 531 g/mol.